The van der Waals surface area contributed by atoms with Gasteiger partial charge >= 0.3 is 0 Å². The van der Waals surface area contributed by atoms with Crippen molar-refractivity contribution in [1.82, 2.24) is 14.9 Å². The highest BCUT2D eigenvalue weighted by molar-refractivity contribution is 5.96. The van der Waals surface area contributed by atoms with Crippen molar-refractivity contribution in [1.29, 1.82) is 0 Å². The van der Waals surface area contributed by atoms with Crippen LogP contribution in [0.4, 0.5) is 0 Å². The minimum absolute atomic E-state index is 0.0596. The summed E-state index contributed by atoms with van der Waals surface area (Å²) < 4.78 is 1.56. The first kappa shape index (κ1) is 18.1. The van der Waals surface area contributed by atoms with Gasteiger partial charge in [0, 0.05) is 26.2 Å². The first-order chi connectivity index (χ1) is 13.4. The lowest BCUT2D eigenvalue weighted by Crippen LogP contribution is -2.70. The molecule has 0 spiro atoms. The lowest BCUT2D eigenvalue weighted by molar-refractivity contribution is -0.120. The number of benzene rings is 1. The highest BCUT2D eigenvalue weighted by Crippen LogP contribution is 2.38. The molecule has 1 saturated heterocycles. The van der Waals surface area contributed by atoms with Crippen molar-refractivity contribution in [3.8, 4) is 5.75 Å². The molecule has 1 aromatic carbocycles. The lowest BCUT2D eigenvalue weighted by atomic mass is 9.90. The van der Waals surface area contributed by atoms with E-state index in [0.717, 1.165) is 12.0 Å². The number of hydrogen-bond donors (Lipinski definition) is 2. The maximum atomic E-state index is 13.0. The average Bonchev–Trinajstić information content (AvgIpc) is 2.68. The van der Waals surface area contributed by atoms with Crippen LogP contribution in [0.2, 0.25) is 0 Å². The molecular weight excluding hydrogens is 360 g/mol. The molecule has 1 fully saturated rings. The summed E-state index contributed by atoms with van der Waals surface area (Å²) in [6, 6.07) is 10.7. The molecule has 2 N–H and O–H groups in total. The van der Waals surface area contributed by atoms with E-state index in [2.05, 4.69) is 5.32 Å². The zero-order chi connectivity index (χ0) is 20.0. The van der Waals surface area contributed by atoms with E-state index in [4.69, 9.17) is 0 Å². The molecule has 3 heterocycles. The standard InChI is InChI=1S/C20H22N4O4/c1-12(25)21-14-8-9-15(13-6-4-3-5-7-13)24-19(14)22(2)20(28)17-18(27)16(26)10-11-23(17)24/h3-7,10-11,14-15,19,27H,8-9H2,1-2H3,(H,21,25)/t14-,15-,19-/m0/s1. The fraction of sp³-hybridized carbons (Fsp3) is 0.350. The lowest BCUT2D eigenvalue weighted by Gasteiger charge is -2.54. The predicted octanol–water partition coefficient (Wildman–Crippen LogP) is 0.943. The molecule has 2 aliphatic heterocycles. The molecule has 1 aromatic heterocycles. The number of aromatic nitrogens is 1. The zero-order valence-electron chi connectivity index (χ0n) is 15.7. The topological polar surface area (TPSA) is 94.9 Å². The van der Waals surface area contributed by atoms with E-state index in [-0.39, 0.29) is 23.7 Å². The van der Waals surface area contributed by atoms with E-state index in [0.29, 0.717) is 6.42 Å². The molecule has 8 heteroatoms. The number of piperidine rings is 1. The van der Waals surface area contributed by atoms with Crippen LogP contribution >= 0.6 is 0 Å². The quantitative estimate of drug-likeness (QED) is 0.806. The molecule has 28 heavy (non-hydrogen) atoms. The number of carbonyl (C=O) groups is 2. The maximum Gasteiger partial charge on any atom is 0.277 e. The number of carbonyl (C=O) groups excluding carboxylic acids is 2. The van der Waals surface area contributed by atoms with Gasteiger partial charge in [0.05, 0.1) is 12.1 Å². The largest absolute Gasteiger partial charge is 0.502 e. The van der Waals surface area contributed by atoms with Gasteiger partial charge in [0.15, 0.2) is 11.4 Å². The van der Waals surface area contributed by atoms with Gasteiger partial charge in [0.1, 0.15) is 6.17 Å². The van der Waals surface area contributed by atoms with E-state index in [1.54, 1.807) is 11.7 Å². The van der Waals surface area contributed by atoms with Crippen molar-refractivity contribution in [2.45, 2.75) is 38.0 Å². The fourth-order valence-corrected chi connectivity index (χ4v) is 4.31. The number of nitrogens with zero attached hydrogens (tertiary/aromatic N) is 3. The van der Waals surface area contributed by atoms with Crippen LogP contribution in [-0.4, -0.2) is 45.8 Å². The van der Waals surface area contributed by atoms with Crippen LogP contribution in [0.15, 0.2) is 47.4 Å². The first-order valence-corrected chi connectivity index (χ1v) is 9.22. The second-order valence-electron chi connectivity index (χ2n) is 7.24. The van der Waals surface area contributed by atoms with Crippen LogP contribution in [0, 0.1) is 0 Å². The van der Waals surface area contributed by atoms with Crippen LogP contribution in [0.25, 0.3) is 0 Å². The Bertz CT molecular complexity index is 987. The van der Waals surface area contributed by atoms with Crippen molar-refractivity contribution in [3.05, 3.63) is 64.1 Å². The third kappa shape index (κ3) is 2.72. The van der Waals surface area contributed by atoms with Crippen molar-refractivity contribution < 1.29 is 14.7 Å². The number of amides is 2. The van der Waals surface area contributed by atoms with Gasteiger partial charge in [-0.3, -0.25) is 24.1 Å². The Morgan fingerprint density at radius 2 is 1.86 bits per heavy atom. The smallest absolute Gasteiger partial charge is 0.277 e. The van der Waals surface area contributed by atoms with Gasteiger partial charge < -0.3 is 15.3 Å². The fourth-order valence-electron chi connectivity index (χ4n) is 4.31. The number of aromatic hydroxyl groups is 1. The summed E-state index contributed by atoms with van der Waals surface area (Å²) in [6.07, 6.45) is 2.49. The molecule has 3 atom stereocenters. The maximum absolute atomic E-state index is 13.0. The van der Waals surface area contributed by atoms with Gasteiger partial charge in [-0.05, 0) is 18.4 Å². The summed E-state index contributed by atoms with van der Waals surface area (Å²) >= 11 is 0. The van der Waals surface area contributed by atoms with Crippen molar-refractivity contribution in [2.24, 2.45) is 0 Å². The Morgan fingerprint density at radius 1 is 1.14 bits per heavy atom. The average molecular weight is 382 g/mol. The molecule has 0 saturated carbocycles. The molecule has 2 aliphatic rings. The van der Waals surface area contributed by atoms with Gasteiger partial charge in [0.2, 0.25) is 11.3 Å². The Morgan fingerprint density at radius 3 is 2.54 bits per heavy atom. The van der Waals surface area contributed by atoms with Crippen molar-refractivity contribution in [2.75, 3.05) is 12.1 Å². The number of pyridine rings is 1. The molecule has 0 radical (unpaired) electrons. The monoisotopic (exact) mass is 382 g/mol. The van der Waals surface area contributed by atoms with Gasteiger partial charge in [-0.2, -0.15) is 0 Å². The molecular formula is C20H22N4O4. The van der Waals surface area contributed by atoms with Crippen LogP contribution < -0.4 is 15.8 Å². The normalized spacial score (nSPS) is 23.8. The Hall–Kier alpha value is -3.29. The first-order valence-electron chi connectivity index (χ1n) is 9.22. The second kappa shape index (κ2) is 6.70. The molecule has 2 aromatic rings. The molecule has 0 aliphatic carbocycles. The minimum atomic E-state index is -0.599. The number of likely N-dealkylation sites (N-methyl/N-ethyl adjacent to an activating group) is 1. The van der Waals surface area contributed by atoms with Gasteiger partial charge in [-0.1, -0.05) is 30.3 Å². The van der Waals surface area contributed by atoms with Crippen LogP contribution in [0.5, 0.6) is 5.75 Å². The van der Waals surface area contributed by atoms with Crippen LogP contribution in [0.3, 0.4) is 0 Å². The number of hydrogen-bond acceptors (Lipinski definition) is 5. The summed E-state index contributed by atoms with van der Waals surface area (Å²) in [5, 5.41) is 15.2. The van der Waals surface area contributed by atoms with E-state index >= 15 is 0 Å². The van der Waals surface area contributed by atoms with Crippen LogP contribution in [-0.2, 0) is 4.79 Å². The minimum Gasteiger partial charge on any atom is -0.502 e. The van der Waals surface area contributed by atoms with E-state index < -0.39 is 23.3 Å². The van der Waals surface area contributed by atoms with Gasteiger partial charge in [-0.25, -0.2) is 0 Å². The highest BCUT2D eigenvalue weighted by Gasteiger charge is 2.47. The van der Waals surface area contributed by atoms with Gasteiger partial charge in [-0.15, -0.1) is 0 Å². The predicted molar refractivity (Wildman–Crippen MR) is 102 cm³/mol. The zero-order valence-corrected chi connectivity index (χ0v) is 15.7. The summed E-state index contributed by atoms with van der Waals surface area (Å²) in [4.78, 5) is 38.2. The summed E-state index contributed by atoms with van der Waals surface area (Å²) in [7, 11) is 1.63. The van der Waals surface area contributed by atoms with E-state index in [1.165, 1.54) is 24.1 Å². The third-order valence-corrected chi connectivity index (χ3v) is 5.50. The SMILES string of the molecule is CC(=O)N[C@H]1CC[C@@H](c2ccccc2)N2[C@@H]1N(C)C(=O)c1c(O)c(=O)ccn12. The van der Waals surface area contributed by atoms with E-state index in [1.807, 2.05) is 35.3 Å². The second-order valence-corrected chi connectivity index (χ2v) is 7.24. The molecule has 146 valence electrons. The molecule has 8 nitrogen and oxygen atoms in total. The highest BCUT2D eigenvalue weighted by atomic mass is 16.3. The summed E-state index contributed by atoms with van der Waals surface area (Å²) in [5.41, 5.74) is 0.398. The molecule has 2 amide bonds. The Labute approximate surface area is 162 Å². The molecule has 4 rings (SSSR count). The van der Waals surface area contributed by atoms with Gasteiger partial charge in [0.25, 0.3) is 5.91 Å². The Balaban J connectivity index is 1.91. The van der Waals surface area contributed by atoms with E-state index in [9.17, 15) is 19.5 Å². The van der Waals surface area contributed by atoms with Crippen LogP contribution in [0.1, 0.15) is 41.9 Å². The number of rotatable bonds is 2. The summed E-state index contributed by atoms with van der Waals surface area (Å²) in [6.45, 7) is 1.45. The molecule has 0 unspecified atom stereocenters. The number of nitrogens with one attached hydrogen (secondary N) is 1. The Kier molecular flexibility index (Phi) is 4.33. The molecule has 0 bridgehead atoms. The van der Waals surface area contributed by atoms with Crippen molar-refractivity contribution in [3.63, 3.8) is 0 Å². The third-order valence-electron chi connectivity index (χ3n) is 5.50. The van der Waals surface area contributed by atoms with Crippen molar-refractivity contribution >= 4 is 11.8 Å². The summed E-state index contributed by atoms with van der Waals surface area (Å²) in [5.74, 6) is -1.19. The number of fused-ring (bicyclic) bond motifs is 3.